The van der Waals surface area contributed by atoms with E-state index in [1.54, 1.807) is 17.1 Å². The number of aromatic nitrogens is 3. The molecule has 0 atom stereocenters. The standard InChI is InChI=1S/C12H14N4O2/c17-7-3-6-12(18)15-10-4-1-2-5-11(10)16-9-13-8-14-16/h1-2,4-5,8-9,17H,3,6-7H2,(H,15,18). The summed E-state index contributed by atoms with van der Waals surface area (Å²) in [6.07, 6.45) is 3.75. The number of carbonyl (C=O) groups excluding carboxylic acids is 1. The predicted octanol–water partition coefficient (Wildman–Crippen LogP) is 0.978. The Labute approximate surface area is 104 Å². The summed E-state index contributed by atoms with van der Waals surface area (Å²) < 4.78 is 1.58. The second kappa shape index (κ2) is 5.92. The first-order valence-electron chi connectivity index (χ1n) is 5.66. The average Bonchev–Trinajstić information content (AvgIpc) is 2.91. The fourth-order valence-corrected chi connectivity index (χ4v) is 1.56. The van der Waals surface area contributed by atoms with Gasteiger partial charge in [-0.05, 0) is 18.6 Å². The van der Waals surface area contributed by atoms with Crippen LogP contribution in [0.4, 0.5) is 5.69 Å². The molecule has 1 heterocycles. The number of hydrogen-bond acceptors (Lipinski definition) is 4. The fourth-order valence-electron chi connectivity index (χ4n) is 1.56. The lowest BCUT2D eigenvalue weighted by Gasteiger charge is -2.10. The van der Waals surface area contributed by atoms with E-state index in [0.29, 0.717) is 18.5 Å². The van der Waals surface area contributed by atoms with Crippen LogP contribution in [0.3, 0.4) is 0 Å². The number of para-hydroxylation sites is 2. The van der Waals surface area contributed by atoms with Gasteiger partial charge in [0.1, 0.15) is 12.7 Å². The molecule has 0 aliphatic heterocycles. The molecular weight excluding hydrogens is 232 g/mol. The maximum atomic E-state index is 11.6. The zero-order chi connectivity index (χ0) is 12.8. The maximum Gasteiger partial charge on any atom is 0.224 e. The second-order valence-corrected chi connectivity index (χ2v) is 3.73. The molecule has 0 unspecified atom stereocenters. The number of aliphatic hydroxyl groups is 1. The van der Waals surface area contributed by atoms with Crippen molar-refractivity contribution in [3.63, 3.8) is 0 Å². The summed E-state index contributed by atoms with van der Waals surface area (Å²) in [7, 11) is 0. The minimum Gasteiger partial charge on any atom is -0.396 e. The topological polar surface area (TPSA) is 80.0 Å². The van der Waals surface area contributed by atoms with E-state index in [9.17, 15) is 4.79 Å². The van der Waals surface area contributed by atoms with Crippen LogP contribution in [0.25, 0.3) is 5.69 Å². The normalized spacial score (nSPS) is 10.3. The van der Waals surface area contributed by atoms with Gasteiger partial charge in [0, 0.05) is 13.0 Å². The lowest BCUT2D eigenvalue weighted by molar-refractivity contribution is -0.116. The van der Waals surface area contributed by atoms with Gasteiger partial charge in [-0.15, -0.1) is 0 Å². The Balaban J connectivity index is 2.16. The molecule has 0 bridgehead atoms. The molecule has 1 amide bonds. The molecule has 1 aromatic heterocycles. The Kier molecular flexibility index (Phi) is 4.03. The van der Waals surface area contributed by atoms with Crippen LogP contribution in [-0.2, 0) is 4.79 Å². The molecule has 6 heteroatoms. The number of nitrogens with zero attached hydrogens (tertiary/aromatic N) is 3. The van der Waals surface area contributed by atoms with Crippen molar-refractivity contribution in [3.8, 4) is 5.69 Å². The lowest BCUT2D eigenvalue weighted by atomic mass is 10.2. The van der Waals surface area contributed by atoms with Crippen molar-refractivity contribution in [1.29, 1.82) is 0 Å². The van der Waals surface area contributed by atoms with Gasteiger partial charge in [-0.2, -0.15) is 5.10 Å². The Morgan fingerprint density at radius 1 is 1.39 bits per heavy atom. The van der Waals surface area contributed by atoms with Crippen molar-refractivity contribution in [3.05, 3.63) is 36.9 Å². The molecule has 1 aromatic carbocycles. The molecule has 6 nitrogen and oxygen atoms in total. The van der Waals surface area contributed by atoms with Crippen LogP contribution in [0, 0.1) is 0 Å². The van der Waals surface area contributed by atoms with Gasteiger partial charge in [0.05, 0.1) is 11.4 Å². The molecule has 2 N–H and O–H groups in total. The highest BCUT2D eigenvalue weighted by Gasteiger charge is 2.07. The van der Waals surface area contributed by atoms with Gasteiger partial charge >= 0.3 is 0 Å². The lowest BCUT2D eigenvalue weighted by Crippen LogP contribution is -2.13. The van der Waals surface area contributed by atoms with E-state index in [0.717, 1.165) is 5.69 Å². The number of carbonyl (C=O) groups is 1. The van der Waals surface area contributed by atoms with E-state index in [1.807, 2.05) is 18.2 Å². The van der Waals surface area contributed by atoms with E-state index in [1.165, 1.54) is 6.33 Å². The van der Waals surface area contributed by atoms with Crippen LogP contribution in [0.15, 0.2) is 36.9 Å². The Morgan fingerprint density at radius 3 is 2.94 bits per heavy atom. The molecule has 0 aliphatic carbocycles. The first-order valence-corrected chi connectivity index (χ1v) is 5.66. The number of amides is 1. The third-order valence-electron chi connectivity index (χ3n) is 2.41. The van der Waals surface area contributed by atoms with Crippen molar-refractivity contribution < 1.29 is 9.90 Å². The number of aliphatic hydroxyl groups excluding tert-OH is 1. The Bertz CT molecular complexity index is 511. The highest BCUT2D eigenvalue weighted by molar-refractivity contribution is 5.92. The van der Waals surface area contributed by atoms with E-state index in [4.69, 9.17) is 5.11 Å². The van der Waals surface area contributed by atoms with Crippen LogP contribution in [0.1, 0.15) is 12.8 Å². The Hall–Kier alpha value is -2.21. The third kappa shape index (κ3) is 2.92. The highest BCUT2D eigenvalue weighted by Crippen LogP contribution is 2.18. The van der Waals surface area contributed by atoms with E-state index in [-0.39, 0.29) is 12.5 Å². The van der Waals surface area contributed by atoms with Crippen molar-refractivity contribution >= 4 is 11.6 Å². The molecule has 0 fully saturated rings. The van der Waals surface area contributed by atoms with Gasteiger partial charge in [-0.1, -0.05) is 12.1 Å². The molecule has 0 aliphatic rings. The molecule has 18 heavy (non-hydrogen) atoms. The number of benzene rings is 1. The monoisotopic (exact) mass is 246 g/mol. The summed E-state index contributed by atoms with van der Waals surface area (Å²) in [5.41, 5.74) is 1.43. The first kappa shape index (κ1) is 12.3. The van der Waals surface area contributed by atoms with Crippen LogP contribution in [0.5, 0.6) is 0 Å². The summed E-state index contributed by atoms with van der Waals surface area (Å²) in [6, 6.07) is 7.34. The molecule has 2 rings (SSSR count). The fraction of sp³-hybridized carbons (Fsp3) is 0.250. The average molecular weight is 246 g/mol. The molecule has 0 radical (unpaired) electrons. The van der Waals surface area contributed by atoms with E-state index >= 15 is 0 Å². The minimum absolute atomic E-state index is 0.0120. The van der Waals surface area contributed by atoms with Crippen molar-refractivity contribution in [2.24, 2.45) is 0 Å². The summed E-state index contributed by atoms with van der Waals surface area (Å²) in [4.78, 5) is 15.5. The van der Waals surface area contributed by atoms with Gasteiger partial charge in [0.25, 0.3) is 0 Å². The quantitative estimate of drug-likeness (QED) is 0.824. The van der Waals surface area contributed by atoms with Gasteiger partial charge in [0.15, 0.2) is 0 Å². The van der Waals surface area contributed by atoms with Gasteiger partial charge in [-0.3, -0.25) is 4.79 Å². The zero-order valence-electron chi connectivity index (χ0n) is 9.78. The number of hydrogen-bond donors (Lipinski definition) is 2. The molecule has 0 saturated heterocycles. The van der Waals surface area contributed by atoms with Gasteiger partial charge in [0.2, 0.25) is 5.91 Å². The van der Waals surface area contributed by atoms with Crippen molar-refractivity contribution in [1.82, 2.24) is 14.8 Å². The number of nitrogens with one attached hydrogen (secondary N) is 1. The number of anilines is 1. The van der Waals surface area contributed by atoms with Crippen molar-refractivity contribution in [2.75, 3.05) is 11.9 Å². The van der Waals surface area contributed by atoms with Gasteiger partial charge in [-0.25, -0.2) is 9.67 Å². The smallest absolute Gasteiger partial charge is 0.224 e. The first-order chi connectivity index (χ1) is 8.81. The van der Waals surface area contributed by atoms with Crippen molar-refractivity contribution in [2.45, 2.75) is 12.8 Å². The predicted molar refractivity (Wildman–Crippen MR) is 66.3 cm³/mol. The molecule has 0 spiro atoms. The second-order valence-electron chi connectivity index (χ2n) is 3.73. The number of rotatable bonds is 5. The van der Waals surface area contributed by atoms with Crippen LogP contribution < -0.4 is 5.32 Å². The summed E-state index contributed by atoms with van der Waals surface area (Å²) in [5.74, 6) is -0.128. The van der Waals surface area contributed by atoms with E-state index in [2.05, 4.69) is 15.4 Å². The van der Waals surface area contributed by atoms with Gasteiger partial charge < -0.3 is 10.4 Å². The third-order valence-corrected chi connectivity index (χ3v) is 2.41. The Morgan fingerprint density at radius 2 is 2.22 bits per heavy atom. The minimum atomic E-state index is -0.128. The molecule has 94 valence electrons. The van der Waals surface area contributed by atoms with Crippen LogP contribution >= 0.6 is 0 Å². The molecular formula is C12H14N4O2. The highest BCUT2D eigenvalue weighted by atomic mass is 16.3. The van der Waals surface area contributed by atoms with E-state index < -0.39 is 0 Å². The van der Waals surface area contributed by atoms with Crippen LogP contribution in [-0.4, -0.2) is 32.4 Å². The largest absolute Gasteiger partial charge is 0.396 e. The maximum absolute atomic E-state index is 11.6. The molecule has 2 aromatic rings. The summed E-state index contributed by atoms with van der Waals surface area (Å²) in [5, 5.41) is 15.5. The SMILES string of the molecule is O=C(CCCO)Nc1ccccc1-n1cncn1. The summed E-state index contributed by atoms with van der Waals surface area (Å²) >= 11 is 0. The zero-order valence-corrected chi connectivity index (χ0v) is 9.78. The van der Waals surface area contributed by atoms with Crippen LogP contribution in [0.2, 0.25) is 0 Å². The summed E-state index contributed by atoms with van der Waals surface area (Å²) in [6.45, 7) is 0.0120. The molecule has 0 saturated carbocycles.